The number of nitrogens with zero attached hydrogens (tertiary/aromatic N) is 1. The summed E-state index contributed by atoms with van der Waals surface area (Å²) in [5.41, 5.74) is 2.46. The Balaban J connectivity index is 2.01. The molecular formula is C37H50N6O9. The van der Waals surface area contributed by atoms with Gasteiger partial charge in [-0.05, 0) is 67.3 Å². The molecule has 3 amide bonds. The van der Waals surface area contributed by atoms with Crippen LogP contribution in [-0.2, 0) is 30.4 Å². The molecule has 0 fully saturated rings. The van der Waals surface area contributed by atoms with Gasteiger partial charge in [0.2, 0.25) is 17.7 Å². The third-order valence-corrected chi connectivity index (χ3v) is 7.37. The Morgan fingerprint density at radius 2 is 1.25 bits per heavy atom. The van der Waals surface area contributed by atoms with Crippen LogP contribution in [-0.4, -0.2) is 62.9 Å². The van der Waals surface area contributed by atoms with E-state index in [1.54, 1.807) is 36.4 Å². The van der Waals surface area contributed by atoms with Crippen LogP contribution >= 0.6 is 0 Å². The summed E-state index contributed by atoms with van der Waals surface area (Å²) in [6.07, 6.45) is 3.69. The second kappa shape index (κ2) is 20.2. The molecule has 2 aromatic rings. The predicted molar refractivity (Wildman–Crippen MR) is 197 cm³/mol. The summed E-state index contributed by atoms with van der Waals surface area (Å²) in [5, 5.41) is 44.0. The standard InChI is InChI=1S/C37H50N6O9/c1-23(2)19-30(34(46)42-29(36(49)50)10-8-7-9-28(35(47)48)40-33(45)21-37(4,5)6)41-32(44)20-25-13-17-27(18-14-25)39-31(22-43(51)52)38-26-15-11-24(3)12-16-26/h7-8,11-18,22-23,28-30,38-39H,9-10,19-21H2,1-6H3,(H,40,45)(H,41,44)(H,42,46)(H,47,48)(H,49,50)/b8-7+,31-22-. The fourth-order valence-corrected chi connectivity index (χ4v) is 4.90. The molecule has 2 aromatic carbocycles. The van der Waals surface area contributed by atoms with Crippen LogP contribution in [0, 0.1) is 28.4 Å². The Morgan fingerprint density at radius 1 is 0.769 bits per heavy atom. The topological polar surface area (TPSA) is 229 Å². The molecule has 0 saturated heterocycles. The van der Waals surface area contributed by atoms with Gasteiger partial charge in [-0.1, -0.05) is 76.6 Å². The van der Waals surface area contributed by atoms with Gasteiger partial charge in [0.15, 0.2) is 5.82 Å². The van der Waals surface area contributed by atoms with Crippen molar-refractivity contribution in [2.24, 2.45) is 11.3 Å². The van der Waals surface area contributed by atoms with E-state index in [1.807, 2.05) is 53.7 Å². The number of carboxylic acids is 2. The number of carbonyl (C=O) groups is 5. The van der Waals surface area contributed by atoms with Crippen molar-refractivity contribution in [3.8, 4) is 0 Å². The Bertz CT molecular complexity index is 1610. The molecule has 0 heterocycles. The number of carboxylic acid groups (broad SMARTS) is 2. The van der Waals surface area contributed by atoms with Crippen molar-refractivity contribution in [2.75, 3.05) is 10.6 Å². The number of anilines is 2. The number of amides is 3. The average Bonchev–Trinajstić information content (AvgIpc) is 3.01. The molecule has 0 spiro atoms. The molecular weight excluding hydrogens is 672 g/mol. The van der Waals surface area contributed by atoms with Crippen LogP contribution < -0.4 is 26.6 Å². The lowest BCUT2D eigenvalue weighted by Gasteiger charge is -2.22. The first-order chi connectivity index (χ1) is 24.3. The van der Waals surface area contributed by atoms with E-state index in [2.05, 4.69) is 26.6 Å². The van der Waals surface area contributed by atoms with Gasteiger partial charge >= 0.3 is 11.9 Å². The molecule has 2 rings (SSSR count). The first-order valence-corrected chi connectivity index (χ1v) is 16.9. The third-order valence-electron chi connectivity index (χ3n) is 7.37. The molecule has 3 atom stereocenters. The smallest absolute Gasteiger partial charge is 0.326 e. The minimum Gasteiger partial charge on any atom is -0.480 e. The number of aryl methyl sites for hydroxylation is 1. The zero-order chi connectivity index (χ0) is 39.0. The monoisotopic (exact) mass is 722 g/mol. The highest BCUT2D eigenvalue weighted by molar-refractivity contribution is 5.91. The maximum Gasteiger partial charge on any atom is 0.326 e. The van der Waals surface area contributed by atoms with Crippen molar-refractivity contribution in [2.45, 2.75) is 91.8 Å². The van der Waals surface area contributed by atoms with Crippen molar-refractivity contribution < 1.29 is 39.1 Å². The van der Waals surface area contributed by atoms with E-state index in [1.165, 1.54) is 12.2 Å². The average molecular weight is 723 g/mol. The highest BCUT2D eigenvalue weighted by atomic mass is 16.6. The second-order valence-electron chi connectivity index (χ2n) is 14.1. The minimum absolute atomic E-state index is 0.0269. The lowest BCUT2D eigenvalue weighted by Crippen LogP contribution is -2.52. The molecule has 0 saturated carbocycles. The van der Waals surface area contributed by atoms with Crippen molar-refractivity contribution in [1.82, 2.24) is 16.0 Å². The first-order valence-electron chi connectivity index (χ1n) is 16.9. The molecule has 0 aliphatic carbocycles. The van der Waals surface area contributed by atoms with Crippen molar-refractivity contribution >= 4 is 41.0 Å². The maximum atomic E-state index is 13.2. The van der Waals surface area contributed by atoms with Gasteiger partial charge in [-0.3, -0.25) is 24.5 Å². The molecule has 15 nitrogen and oxygen atoms in total. The summed E-state index contributed by atoms with van der Waals surface area (Å²) < 4.78 is 0. The van der Waals surface area contributed by atoms with E-state index in [0.29, 0.717) is 16.9 Å². The van der Waals surface area contributed by atoms with Crippen LogP contribution in [0.4, 0.5) is 11.4 Å². The van der Waals surface area contributed by atoms with Crippen LogP contribution in [0.3, 0.4) is 0 Å². The van der Waals surface area contributed by atoms with Gasteiger partial charge in [-0.25, -0.2) is 9.59 Å². The highest BCUT2D eigenvalue weighted by Crippen LogP contribution is 2.19. The number of hydrogen-bond donors (Lipinski definition) is 7. The predicted octanol–water partition coefficient (Wildman–Crippen LogP) is 4.58. The van der Waals surface area contributed by atoms with E-state index in [4.69, 9.17) is 0 Å². The molecule has 0 aliphatic heterocycles. The fraction of sp³-hybridized carbons (Fsp3) is 0.432. The Hall–Kier alpha value is -5.73. The van der Waals surface area contributed by atoms with Gasteiger partial charge < -0.3 is 36.8 Å². The zero-order valence-corrected chi connectivity index (χ0v) is 30.4. The largest absolute Gasteiger partial charge is 0.480 e. The second-order valence-corrected chi connectivity index (χ2v) is 14.1. The molecule has 3 unspecified atom stereocenters. The van der Waals surface area contributed by atoms with Crippen LogP contribution in [0.15, 0.2) is 72.7 Å². The number of benzene rings is 2. The Morgan fingerprint density at radius 3 is 1.71 bits per heavy atom. The number of nitrogens with one attached hydrogen (secondary N) is 5. The summed E-state index contributed by atoms with van der Waals surface area (Å²) in [5.74, 6) is -4.04. The van der Waals surface area contributed by atoms with Crippen LogP contribution in [0.2, 0.25) is 0 Å². The van der Waals surface area contributed by atoms with Crippen LogP contribution in [0.1, 0.15) is 71.4 Å². The van der Waals surface area contributed by atoms with Gasteiger partial charge in [-0.2, -0.15) is 0 Å². The fourth-order valence-electron chi connectivity index (χ4n) is 4.90. The summed E-state index contributed by atoms with van der Waals surface area (Å²) in [4.78, 5) is 72.6. The number of hydrogen-bond acceptors (Lipinski definition) is 9. The van der Waals surface area contributed by atoms with Crippen molar-refractivity contribution in [3.63, 3.8) is 0 Å². The molecule has 52 heavy (non-hydrogen) atoms. The van der Waals surface area contributed by atoms with E-state index in [-0.39, 0.29) is 49.3 Å². The van der Waals surface area contributed by atoms with Crippen LogP contribution in [0.25, 0.3) is 0 Å². The number of carbonyl (C=O) groups excluding carboxylic acids is 3. The maximum absolute atomic E-state index is 13.2. The molecule has 0 aromatic heterocycles. The van der Waals surface area contributed by atoms with Crippen molar-refractivity contribution in [3.05, 3.63) is 93.9 Å². The molecule has 0 radical (unpaired) electrons. The van der Waals surface area contributed by atoms with Gasteiger partial charge in [0.1, 0.15) is 18.1 Å². The van der Waals surface area contributed by atoms with Gasteiger partial charge in [0.25, 0.3) is 6.20 Å². The number of nitro groups is 1. The van der Waals surface area contributed by atoms with Gasteiger partial charge in [-0.15, -0.1) is 0 Å². The number of aliphatic carboxylic acids is 2. The summed E-state index contributed by atoms with van der Waals surface area (Å²) >= 11 is 0. The normalized spacial score (nSPS) is 13.5. The van der Waals surface area contributed by atoms with E-state index in [0.717, 1.165) is 11.8 Å². The van der Waals surface area contributed by atoms with Gasteiger partial charge in [0.05, 0.1) is 11.3 Å². The molecule has 282 valence electrons. The van der Waals surface area contributed by atoms with E-state index >= 15 is 0 Å². The van der Waals surface area contributed by atoms with E-state index < -0.39 is 52.7 Å². The van der Waals surface area contributed by atoms with Crippen molar-refractivity contribution in [1.29, 1.82) is 0 Å². The first kappa shape index (κ1) is 42.4. The summed E-state index contributed by atoms with van der Waals surface area (Å²) in [6.45, 7) is 11.2. The highest BCUT2D eigenvalue weighted by Gasteiger charge is 2.27. The molecule has 15 heteroatoms. The SMILES string of the molecule is Cc1ccc(N/C(=C/[N+](=O)[O-])Nc2ccc(CC(=O)NC(CC(C)C)C(=O)NC(C/C=C/CC(NC(=O)CC(C)(C)C)C(=O)O)C(=O)O)cc2)cc1. The number of rotatable bonds is 20. The Kier molecular flexibility index (Phi) is 16.5. The lowest BCUT2D eigenvalue weighted by atomic mass is 9.92. The third kappa shape index (κ3) is 16.8. The quantitative estimate of drug-likeness (QED) is 0.0568. The molecule has 0 aliphatic rings. The summed E-state index contributed by atoms with van der Waals surface area (Å²) in [7, 11) is 0. The summed E-state index contributed by atoms with van der Waals surface area (Å²) in [6, 6.07) is 10.3. The minimum atomic E-state index is -1.36. The van der Waals surface area contributed by atoms with Crippen LogP contribution in [0.5, 0.6) is 0 Å². The molecule has 0 bridgehead atoms. The zero-order valence-electron chi connectivity index (χ0n) is 30.4. The molecule has 7 N–H and O–H groups in total. The lowest BCUT2D eigenvalue weighted by molar-refractivity contribution is -0.403. The van der Waals surface area contributed by atoms with E-state index in [9.17, 15) is 44.3 Å². The Labute approximate surface area is 303 Å². The van der Waals surface area contributed by atoms with Gasteiger partial charge in [0, 0.05) is 17.8 Å².